The Morgan fingerprint density at radius 3 is 2.43 bits per heavy atom. The van der Waals surface area contributed by atoms with Crippen LogP contribution in [0.5, 0.6) is 0 Å². The van der Waals surface area contributed by atoms with E-state index in [2.05, 4.69) is 29.6 Å². The fourth-order valence-corrected chi connectivity index (χ4v) is 2.35. The van der Waals surface area contributed by atoms with Crippen molar-refractivity contribution >= 4 is 0 Å². The van der Waals surface area contributed by atoms with E-state index in [1.807, 2.05) is 0 Å². The lowest BCUT2D eigenvalue weighted by molar-refractivity contribution is -0.137. The lowest BCUT2D eigenvalue weighted by atomic mass is 9.97. The minimum atomic E-state index is -4.25. The predicted molar refractivity (Wildman–Crippen MR) is 79.0 cm³/mol. The minimum absolute atomic E-state index is 0.587. The molecular weight excluding hydrogens is 275 g/mol. The summed E-state index contributed by atoms with van der Waals surface area (Å²) < 4.78 is 37.3. The summed E-state index contributed by atoms with van der Waals surface area (Å²) in [5, 5.41) is 3.35. The fourth-order valence-electron chi connectivity index (χ4n) is 2.35. The van der Waals surface area contributed by atoms with E-state index in [0.717, 1.165) is 50.0 Å². The highest BCUT2D eigenvalue weighted by Gasteiger charge is 2.29. The van der Waals surface area contributed by atoms with Crippen molar-refractivity contribution in [2.45, 2.75) is 25.4 Å². The molecule has 21 heavy (non-hydrogen) atoms. The summed E-state index contributed by atoms with van der Waals surface area (Å²) in [6, 6.07) is 5.40. The second-order valence-electron chi connectivity index (χ2n) is 5.29. The standard InChI is InChI=1S/C17H20F3N/c18-17(19,20)16-8-6-15(7-9-16)11-13-21-12-10-14-4-2-1-3-5-14/h1-4,6-9,14,21H,5,10-13H2. The van der Waals surface area contributed by atoms with Gasteiger partial charge in [0, 0.05) is 0 Å². The van der Waals surface area contributed by atoms with E-state index in [-0.39, 0.29) is 0 Å². The van der Waals surface area contributed by atoms with Gasteiger partial charge in [0.15, 0.2) is 0 Å². The Kier molecular flexibility index (Phi) is 5.62. The van der Waals surface area contributed by atoms with Gasteiger partial charge in [-0.25, -0.2) is 0 Å². The first-order valence-corrected chi connectivity index (χ1v) is 7.26. The molecular formula is C17H20F3N. The van der Waals surface area contributed by atoms with E-state index in [1.54, 1.807) is 12.1 Å². The number of nitrogens with one attached hydrogen (secondary N) is 1. The van der Waals surface area contributed by atoms with Gasteiger partial charge in [-0.1, -0.05) is 36.4 Å². The molecule has 4 heteroatoms. The number of rotatable bonds is 6. The predicted octanol–water partition coefficient (Wildman–Crippen LogP) is 4.36. The summed E-state index contributed by atoms with van der Waals surface area (Å²) in [7, 11) is 0. The first-order valence-electron chi connectivity index (χ1n) is 7.26. The second-order valence-corrected chi connectivity index (χ2v) is 5.29. The molecule has 1 atom stereocenters. The van der Waals surface area contributed by atoms with Gasteiger partial charge in [0.2, 0.25) is 0 Å². The van der Waals surface area contributed by atoms with Crippen molar-refractivity contribution in [1.82, 2.24) is 5.32 Å². The van der Waals surface area contributed by atoms with Crippen LogP contribution in [0.2, 0.25) is 0 Å². The summed E-state index contributed by atoms with van der Waals surface area (Å²) in [5.41, 5.74) is 0.340. The smallest absolute Gasteiger partial charge is 0.316 e. The SMILES string of the molecule is FC(F)(F)c1ccc(CCNCCC2C=CC=CC2)cc1. The summed E-state index contributed by atoms with van der Waals surface area (Å²) in [6.45, 7) is 1.72. The summed E-state index contributed by atoms with van der Waals surface area (Å²) in [5.74, 6) is 0.605. The summed E-state index contributed by atoms with van der Waals surface area (Å²) >= 11 is 0. The van der Waals surface area contributed by atoms with Gasteiger partial charge in [0.1, 0.15) is 0 Å². The molecule has 0 saturated heterocycles. The maximum Gasteiger partial charge on any atom is 0.416 e. The molecule has 0 aliphatic heterocycles. The average Bonchev–Trinajstić information content (AvgIpc) is 2.47. The highest BCUT2D eigenvalue weighted by Crippen LogP contribution is 2.29. The molecule has 1 aromatic rings. The average molecular weight is 295 g/mol. The van der Waals surface area contributed by atoms with E-state index in [9.17, 15) is 13.2 Å². The van der Waals surface area contributed by atoms with Crippen molar-refractivity contribution in [2.24, 2.45) is 5.92 Å². The van der Waals surface area contributed by atoms with Crippen LogP contribution < -0.4 is 5.32 Å². The number of hydrogen-bond acceptors (Lipinski definition) is 1. The molecule has 1 aliphatic carbocycles. The van der Waals surface area contributed by atoms with Gasteiger partial charge >= 0.3 is 6.18 Å². The highest BCUT2D eigenvalue weighted by molar-refractivity contribution is 5.24. The molecule has 114 valence electrons. The Morgan fingerprint density at radius 2 is 1.81 bits per heavy atom. The lowest BCUT2D eigenvalue weighted by Gasteiger charge is -2.13. The van der Waals surface area contributed by atoms with E-state index in [0.29, 0.717) is 5.92 Å². The van der Waals surface area contributed by atoms with Crippen LogP contribution in [0.3, 0.4) is 0 Å². The molecule has 0 fully saturated rings. The quantitative estimate of drug-likeness (QED) is 0.769. The van der Waals surface area contributed by atoms with E-state index >= 15 is 0 Å². The van der Waals surface area contributed by atoms with Crippen molar-refractivity contribution in [1.29, 1.82) is 0 Å². The zero-order valence-electron chi connectivity index (χ0n) is 11.9. The van der Waals surface area contributed by atoms with Gasteiger partial charge in [-0.2, -0.15) is 13.2 Å². The first-order chi connectivity index (χ1) is 10.1. The second kappa shape index (κ2) is 7.46. The Bertz CT molecular complexity index is 486. The molecule has 0 heterocycles. The molecule has 1 N–H and O–H groups in total. The molecule has 2 rings (SSSR count). The third-order valence-electron chi connectivity index (χ3n) is 3.63. The lowest BCUT2D eigenvalue weighted by Crippen LogP contribution is -2.20. The van der Waals surface area contributed by atoms with Crippen molar-refractivity contribution < 1.29 is 13.2 Å². The Morgan fingerprint density at radius 1 is 1.05 bits per heavy atom. The van der Waals surface area contributed by atoms with Gasteiger partial charge in [0.25, 0.3) is 0 Å². The number of hydrogen-bond donors (Lipinski definition) is 1. The molecule has 0 radical (unpaired) electrons. The third-order valence-corrected chi connectivity index (χ3v) is 3.63. The van der Waals surface area contributed by atoms with Crippen LogP contribution in [0, 0.1) is 5.92 Å². The Hall–Kier alpha value is -1.55. The maximum absolute atomic E-state index is 12.4. The van der Waals surface area contributed by atoms with Crippen LogP contribution in [-0.2, 0) is 12.6 Å². The molecule has 1 aliphatic rings. The number of allylic oxidation sites excluding steroid dienone is 4. The van der Waals surface area contributed by atoms with Crippen molar-refractivity contribution in [3.8, 4) is 0 Å². The van der Waals surface area contributed by atoms with Crippen LogP contribution >= 0.6 is 0 Å². The van der Waals surface area contributed by atoms with Gasteiger partial charge in [0.05, 0.1) is 5.56 Å². The van der Waals surface area contributed by atoms with Crippen LogP contribution in [0.15, 0.2) is 48.6 Å². The molecule has 0 saturated carbocycles. The first kappa shape index (κ1) is 15.8. The van der Waals surface area contributed by atoms with E-state index < -0.39 is 11.7 Å². The Labute approximate surface area is 123 Å². The summed E-state index contributed by atoms with van der Waals surface area (Å²) in [4.78, 5) is 0. The molecule has 1 aromatic carbocycles. The normalized spacial score (nSPS) is 18.1. The Balaban J connectivity index is 1.64. The highest BCUT2D eigenvalue weighted by atomic mass is 19.4. The molecule has 0 bridgehead atoms. The minimum Gasteiger partial charge on any atom is -0.316 e. The van der Waals surface area contributed by atoms with Gasteiger partial charge in [-0.15, -0.1) is 0 Å². The molecule has 1 nitrogen and oxygen atoms in total. The number of benzene rings is 1. The fraction of sp³-hybridized carbons (Fsp3) is 0.412. The monoisotopic (exact) mass is 295 g/mol. The zero-order valence-corrected chi connectivity index (χ0v) is 11.9. The van der Waals surface area contributed by atoms with E-state index in [1.165, 1.54) is 0 Å². The third kappa shape index (κ3) is 5.38. The topological polar surface area (TPSA) is 12.0 Å². The van der Waals surface area contributed by atoms with Crippen molar-refractivity contribution in [3.63, 3.8) is 0 Å². The maximum atomic E-state index is 12.4. The van der Waals surface area contributed by atoms with Crippen LogP contribution in [0.1, 0.15) is 24.0 Å². The van der Waals surface area contributed by atoms with Crippen LogP contribution in [0.25, 0.3) is 0 Å². The molecule has 0 spiro atoms. The molecule has 0 amide bonds. The van der Waals surface area contributed by atoms with E-state index in [4.69, 9.17) is 0 Å². The van der Waals surface area contributed by atoms with Gasteiger partial charge in [-0.05, 0) is 56.0 Å². The molecule has 0 aromatic heterocycles. The van der Waals surface area contributed by atoms with Crippen LogP contribution in [-0.4, -0.2) is 13.1 Å². The van der Waals surface area contributed by atoms with Gasteiger partial charge in [-0.3, -0.25) is 0 Å². The van der Waals surface area contributed by atoms with Crippen molar-refractivity contribution in [2.75, 3.05) is 13.1 Å². The zero-order chi connectivity index (χ0) is 15.1. The van der Waals surface area contributed by atoms with Crippen LogP contribution in [0.4, 0.5) is 13.2 Å². The number of halogens is 3. The summed E-state index contributed by atoms with van der Waals surface area (Å²) in [6.07, 6.45) is 7.22. The van der Waals surface area contributed by atoms with Gasteiger partial charge < -0.3 is 5.32 Å². The molecule has 1 unspecified atom stereocenters. The number of alkyl halides is 3. The van der Waals surface area contributed by atoms with Crippen molar-refractivity contribution in [3.05, 3.63) is 59.7 Å². The largest absolute Gasteiger partial charge is 0.416 e.